The van der Waals surface area contributed by atoms with E-state index in [0.717, 1.165) is 11.3 Å². The third kappa shape index (κ3) is 4.10. The van der Waals surface area contributed by atoms with Crippen LogP contribution in [0.1, 0.15) is 11.5 Å². The van der Waals surface area contributed by atoms with Gasteiger partial charge in [0.05, 0.1) is 19.3 Å². The smallest absolute Gasteiger partial charge is 0.379 e. The lowest BCUT2D eigenvalue weighted by Crippen LogP contribution is -2.28. The van der Waals surface area contributed by atoms with Crippen LogP contribution in [0.5, 0.6) is 5.75 Å². The molecule has 0 aromatic heterocycles. The highest BCUT2D eigenvalue weighted by molar-refractivity contribution is 7.88. The Labute approximate surface area is 148 Å². The summed E-state index contributed by atoms with van der Waals surface area (Å²) in [5.74, 6) is -0.416. The van der Waals surface area contributed by atoms with Crippen LogP contribution in [0, 0.1) is 0 Å². The van der Waals surface area contributed by atoms with Crippen molar-refractivity contribution in [3.63, 3.8) is 0 Å². The van der Waals surface area contributed by atoms with Crippen molar-refractivity contribution in [2.24, 2.45) is 0 Å². The molecule has 2 aromatic carbocycles. The van der Waals surface area contributed by atoms with E-state index >= 15 is 0 Å². The molecule has 1 heterocycles. The van der Waals surface area contributed by atoms with Crippen molar-refractivity contribution in [3.8, 4) is 5.75 Å². The van der Waals surface area contributed by atoms with Crippen molar-refractivity contribution in [1.82, 2.24) is 0 Å². The van der Waals surface area contributed by atoms with Crippen LogP contribution in [0.4, 0.5) is 18.9 Å². The Kier molecular flexibility index (Phi) is 5.10. The van der Waals surface area contributed by atoms with Gasteiger partial charge in [-0.05, 0) is 29.8 Å². The summed E-state index contributed by atoms with van der Waals surface area (Å²) < 4.78 is 68.8. The average Bonchev–Trinajstić information content (AvgIpc) is 3.03. The summed E-state index contributed by atoms with van der Waals surface area (Å²) in [5.41, 5.74) is -3.72. The first-order chi connectivity index (χ1) is 12.3. The van der Waals surface area contributed by atoms with Crippen molar-refractivity contribution >= 4 is 15.8 Å². The van der Waals surface area contributed by atoms with Crippen molar-refractivity contribution in [3.05, 3.63) is 60.2 Å². The van der Waals surface area contributed by atoms with Gasteiger partial charge in [-0.25, -0.2) is 0 Å². The summed E-state index contributed by atoms with van der Waals surface area (Å²) in [4.78, 5) is 0. The first-order valence-corrected chi connectivity index (χ1v) is 9.17. The number of ether oxygens (including phenoxy) is 1. The molecular formula is C17H16F3NO4S. The molecule has 1 saturated heterocycles. The quantitative estimate of drug-likeness (QED) is 0.628. The Morgan fingerprint density at radius 3 is 2.27 bits per heavy atom. The molecule has 0 amide bonds. The molecule has 0 aliphatic carbocycles. The zero-order valence-electron chi connectivity index (χ0n) is 13.4. The first kappa shape index (κ1) is 18.5. The molecule has 140 valence electrons. The minimum absolute atomic E-state index is 0.0110. The summed E-state index contributed by atoms with van der Waals surface area (Å²) in [6.45, 7) is 0.936. The van der Waals surface area contributed by atoms with Crippen LogP contribution < -0.4 is 9.50 Å². The minimum Gasteiger partial charge on any atom is -0.379 e. The Hall–Kier alpha value is -2.26. The molecule has 0 bridgehead atoms. The van der Waals surface area contributed by atoms with E-state index in [0.29, 0.717) is 13.2 Å². The summed E-state index contributed by atoms with van der Waals surface area (Å²) in [5, 5.41) is 3.36. The highest BCUT2D eigenvalue weighted by Crippen LogP contribution is 2.31. The Balaban J connectivity index is 1.71. The van der Waals surface area contributed by atoms with E-state index in [4.69, 9.17) is 4.74 Å². The maximum Gasteiger partial charge on any atom is 0.534 e. The maximum atomic E-state index is 12.4. The molecule has 2 aromatic rings. The molecule has 3 rings (SSSR count). The summed E-state index contributed by atoms with van der Waals surface area (Å²) in [7, 11) is -5.67. The number of benzene rings is 2. The summed E-state index contributed by atoms with van der Waals surface area (Å²) in [6, 6.07) is 15.0. The number of rotatable bonds is 5. The Bertz CT molecular complexity index is 839. The van der Waals surface area contributed by atoms with Crippen LogP contribution in [0.25, 0.3) is 0 Å². The van der Waals surface area contributed by atoms with Gasteiger partial charge in [0, 0.05) is 11.6 Å². The second-order valence-electron chi connectivity index (χ2n) is 5.81. The zero-order chi connectivity index (χ0) is 18.8. The van der Waals surface area contributed by atoms with Gasteiger partial charge in [-0.1, -0.05) is 30.3 Å². The van der Waals surface area contributed by atoms with Crippen LogP contribution in [0.15, 0.2) is 54.6 Å². The summed E-state index contributed by atoms with van der Waals surface area (Å²) >= 11 is 0. The molecule has 9 heteroatoms. The predicted octanol–water partition coefficient (Wildman–Crippen LogP) is 3.51. The molecule has 0 unspecified atom stereocenters. The number of alkyl halides is 3. The molecule has 0 radical (unpaired) electrons. The highest BCUT2D eigenvalue weighted by atomic mass is 32.2. The lowest BCUT2D eigenvalue weighted by Gasteiger charge is -2.21. The van der Waals surface area contributed by atoms with Crippen molar-refractivity contribution in [2.45, 2.75) is 17.5 Å². The number of halogens is 3. The van der Waals surface area contributed by atoms with Crippen molar-refractivity contribution in [1.29, 1.82) is 0 Å². The second-order valence-corrected chi connectivity index (χ2v) is 7.35. The number of hydrogen-bond acceptors (Lipinski definition) is 5. The van der Waals surface area contributed by atoms with Gasteiger partial charge in [0.2, 0.25) is 0 Å². The van der Waals surface area contributed by atoms with Crippen LogP contribution in [-0.4, -0.2) is 33.2 Å². The molecule has 5 nitrogen and oxygen atoms in total. The van der Waals surface area contributed by atoms with Gasteiger partial charge in [-0.3, -0.25) is 0 Å². The normalized spacial score (nSPS) is 20.7. The molecule has 0 spiro atoms. The summed E-state index contributed by atoms with van der Waals surface area (Å²) in [6.07, 6.45) is 0. The Morgan fingerprint density at radius 1 is 1.00 bits per heavy atom. The molecule has 2 atom stereocenters. The highest BCUT2D eigenvalue weighted by Gasteiger charge is 2.48. The third-order valence-corrected chi connectivity index (χ3v) is 4.98. The predicted molar refractivity (Wildman–Crippen MR) is 89.5 cm³/mol. The molecule has 26 heavy (non-hydrogen) atoms. The van der Waals surface area contributed by atoms with E-state index in [-0.39, 0.29) is 12.0 Å². The van der Waals surface area contributed by atoms with Gasteiger partial charge in [-0.2, -0.15) is 21.6 Å². The van der Waals surface area contributed by atoms with Gasteiger partial charge in [0.15, 0.2) is 0 Å². The molecule has 1 aliphatic rings. The van der Waals surface area contributed by atoms with Crippen molar-refractivity contribution in [2.75, 3.05) is 18.5 Å². The van der Waals surface area contributed by atoms with Gasteiger partial charge in [0.1, 0.15) is 5.75 Å². The van der Waals surface area contributed by atoms with Gasteiger partial charge >= 0.3 is 15.6 Å². The zero-order valence-corrected chi connectivity index (χ0v) is 14.3. The van der Waals surface area contributed by atoms with E-state index < -0.39 is 21.4 Å². The van der Waals surface area contributed by atoms with Crippen molar-refractivity contribution < 1.29 is 30.5 Å². The van der Waals surface area contributed by atoms with Crippen LogP contribution in [-0.2, 0) is 14.9 Å². The van der Waals surface area contributed by atoms with E-state index in [1.807, 2.05) is 30.3 Å². The van der Waals surface area contributed by atoms with E-state index in [1.165, 1.54) is 12.1 Å². The topological polar surface area (TPSA) is 64.6 Å². The van der Waals surface area contributed by atoms with Crippen LogP contribution >= 0.6 is 0 Å². The van der Waals surface area contributed by atoms with Gasteiger partial charge < -0.3 is 14.2 Å². The SMILES string of the molecule is O=S(=O)(Oc1ccc([C@@H]2COC[C@@H]2Nc2ccccc2)cc1)C(F)(F)F. The van der Waals surface area contributed by atoms with Crippen LogP contribution in [0.3, 0.4) is 0 Å². The first-order valence-electron chi connectivity index (χ1n) is 7.76. The monoisotopic (exact) mass is 387 g/mol. The fourth-order valence-electron chi connectivity index (χ4n) is 2.72. The molecule has 0 saturated carbocycles. The number of nitrogens with one attached hydrogen (secondary N) is 1. The molecule has 1 N–H and O–H groups in total. The largest absolute Gasteiger partial charge is 0.534 e. The fraction of sp³-hybridized carbons (Fsp3) is 0.294. The minimum atomic E-state index is -5.67. The van der Waals surface area contributed by atoms with E-state index in [9.17, 15) is 21.6 Å². The molecule has 1 fully saturated rings. The van der Waals surface area contributed by atoms with E-state index in [1.54, 1.807) is 12.1 Å². The van der Waals surface area contributed by atoms with Gasteiger partial charge in [-0.15, -0.1) is 0 Å². The lowest BCUT2D eigenvalue weighted by molar-refractivity contribution is -0.0500. The van der Waals surface area contributed by atoms with E-state index in [2.05, 4.69) is 9.50 Å². The fourth-order valence-corrected chi connectivity index (χ4v) is 3.18. The second kappa shape index (κ2) is 7.16. The molecular weight excluding hydrogens is 371 g/mol. The van der Waals surface area contributed by atoms with Gasteiger partial charge in [0.25, 0.3) is 0 Å². The maximum absolute atomic E-state index is 12.4. The Morgan fingerprint density at radius 2 is 1.65 bits per heavy atom. The lowest BCUT2D eigenvalue weighted by atomic mass is 9.94. The third-order valence-electron chi connectivity index (χ3n) is 4.00. The number of hydrogen-bond donors (Lipinski definition) is 1. The average molecular weight is 387 g/mol. The number of anilines is 1. The molecule has 1 aliphatic heterocycles. The standard InChI is InChI=1S/C17H16F3NO4S/c18-17(19,20)26(22,23)25-14-8-6-12(7-9-14)15-10-24-11-16(15)21-13-4-2-1-3-5-13/h1-9,15-16,21H,10-11H2/t15-,16-/m0/s1. The number of para-hydroxylation sites is 1. The van der Waals surface area contributed by atoms with Crippen LogP contribution in [0.2, 0.25) is 0 Å².